The van der Waals surface area contributed by atoms with Crippen molar-refractivity contribution < 1.29 is 14.3 Å². The minimum atomic E-state index is -1.22. The molecule has 0 fully saturated rings. The van der Waals surface area contributed by atoms with E-state index < -0.39 is 17.4 Å². The second-order valence-corrected chi connectivity index (χ2v) is 7.73. The number of allylic oxidation sites excluding steroid dienone is 4. The van der Waals surface area contributed by atoms with Crippen LogP contribution in [0.3, 0.4) is 0 Å². The van der Waals surface area contributed by atoms with E-state index in [1.165, 1.54) is 13.8 Å². The number of nitrogens with zero attached hydrogens (tertiary/aromatic N) is 1. The molecule has 1 heterocycles. The van der Waals surface area contributed by atoms with Crippen LogP contribution in [0.1, 0.15) is 23.7 Å². The van der Waals surface area contributed by atoms with Gasteiger partial charge in [-0.3, -0.25) is 9.59 Å². The summed E-state index contributed by atoms with van der Waals surface area (Å²) < 4.78 is 5.75. The Morgan fingerprint density at radius 2 is 2.07 bits per heavy atom. The minimum Gasteiger partial charge on any atom is -0.488 e. The van der Waals surface area contributed by atoms with Gasteiger partial charge in [-0.1, -0.05) is 0 Å². The van der Waals surface area contributed by atoms with Crippen LogP contribution >= 0.6 is 11.3 Å². The largest absolute Gasteiger partial charge is 0.488 e. The average molecular weight is 389 g/mol. The van der Waals surface area contributed by atoms with Crippen molar-refractivity contribution in [1.29, 1.82) is 5.41 Å². The lowest BCUT2D eigenvalue weighted by Crippen LogP contribution is -2.54. The number of thiazole rings is 1. The first-order valence-electron chi connectivity index (χ1n) is 8.21. The number of nitrogens with two attached hydrogens (primary N) is 1. The van der Waals surface area contributed by atoms with Gasteiger partial charge in [0.15, 0.2) is 0 Å². The fraction of sp³-hybridized carbons (Fsp3) is 0.333. The maximum atomic E-state index is 12.6. The first-order valence-corrected chi connectivity index (χ1v) is 9.03. The third kappa shape index (κ3) is 5.04. The quantitative estimate of drug-likeness (QED) is 0.522. The van der Waals surface area contributed by atoms with Gasteiger partial charge in [0.2, 0.25) is 5.91 Å². The van der Waals surface area contributed by atoms with Crippen LogP contribution in [0, 0.1) is 12.3 Å². The third-order valence-corrected chi connectivity index (χ3v) is 4.72. The van der Waals surface area contributed by atoms with E-state index in [4.69, 9.17) is 15.9 Å². The molecular weight excluding hydrogens is 366 g/mol. The maximum absolute atomic E-state index is 12.6. The van der Waals surface area contributed by atoms with E-state index in [-0.39, 0.29) is 11.4 Å². The lowest BCUT2D eigenvalue weighted by Gasteiger charge is -2.24. The van der Waals surface area contributed by atoms with Crippen molar-refractivity contribution in [3.63, 3.8) is 0 Å². The minimum absolute atomic E-state index is 0.146. The standard InChI is InChI=1S/C18H23N5O3S/c1-10-22-8-12(27-10)9-26-11-5-6-14(19)13(7-11)15(21-4)16(24)23-18(2,3)17(20)25/h5-8,19,21H,9H2,1-4H3,(H2,20,25)(H,23,24)/b15-13-,19-14?. The maximum Gasteiger partial charge on any atom is 0.268 e. The number of ether oxygens (including phenoxy) is 1. The van der Waals surface area contributed by atoms with Crippen LogP contribution in [0.15, 0.2) is 41.5 Å². The monoisotopic (exact) mass is 389 g/mol. The second kappa shape index (κ2) is 8.17. The summed E-state index contributed by atoms with van der Waals surface area (Å²) in [6.45, 7) is 5.29. The topological polar surface area (TPSA) is 130 Å². The Labute approximate surface area is 161 Å². The number of amides is 2. The summed E-state index contributed by atoms with van der Waals surface area (Å²) >= 11 is 1.54. The fourth-order valence-corrected chi connectivity index (χ4v) is 2.93. The van der Waals surface area contributed by atoms with E-state index in [1.807, 2.05) is 6.92 Å². The summed E-state index contributed by atoms with van der Waals surface area (Å²) in [5, 5.41) is 14.4. The van der Waals surface area contributed by atoms with Gasteiger partial charge >= 0.3 is 0 Å². The zero-order chi connectivity index (χ0) is 20.2. The molecule has 0 atom stereocenters. The number of carbonyl (C=O) groups is 2. The molecule has 2 amide bonds. The van der Waals surface area contributed by atoms with Crippen LogP contribution in [-0.4, -0.2) is 35.1 Å². The van der Waals surface area contributed by atoms with Crippen LogP contribution in [0.2, 0.25) is 0 Å². The van der Waals surface area contributed by atoms with E-state index in [9.17, 15) is 9.59 Å². The van der Waals surface area contributed by atoms with Crippen molar-refractivity contribution in [2.24, 2.45) is 5.73 Å². The number of rotatable bonds is 7. The molecule has 0 aromatic carbocycles. The van der Waals surface area contributed by atoms with Crippen molar-refractivity contribution in [3.05, 3.63) is 51.3 Å². The molecule has 144 valence electrons. The molecule has 0 radical (unpaired) electrons. The lowest BCUT2D eigenvalue weighted by molar-refractivity contribution is -0.128. The molecule has 2 rings (SSSR count). The Hall–Kier alpha value is -2.94. The molecule has 8 nitrogen and oxygen atoms in total. The predicted octanol–water partition coefficient (Wildman–Crippen LogP) is 1.30. The fourth-order valence-electron chi connectivity index (χ4n) is 2.22. The first kappa shape index (κ1) is 20.4. The molecule has 5 N–H and O–H groups in total. The highest BCUT2D eigenvalue weighted by molar-refractivity contribution is 7.11. The Balaban J connectivity index is 2.23. The second-order valence-electron chi connectivity index (χ2n) is 6.41. The molecule has 0 unspecified atom stereocenters. The van der Waals surface area contributed by atoms with Gasteiger partial charge in [-0.05, 0) is 39.0 Å². The van der Waals surface area contributed by atoms with Crippen LogP contribution in [-0.2, 0) is 20.9 Å². The summed E-state index contributed by atoms with van der Waals surface area (Å²) in [4.78, 5) is 29.2. The molecular formula is C18H23N5O3S. The van der Waals surface area contributed by atoms with E-state index in [0.717, 1.165) is 9.88 Å². The van der Waals surface area contributed by atoms with E-state index in [0.29, 0.717) is 17.9 Å². The van der Waals surface area contributed by atoms with Gasteiger partial charge in [0.1, 0.15) is 23.6 Å². The molecule has 0 spiro atoms. The van der Waals surface area contributed by atoms with Gasteiger partial charge in [-0.15, -0.1) is 11.3 Å². The smallest absolute Gasteiger partial charge is 0.268 e. The van der Waals surface area contributed by atoms with E-state index >= 15 is 0 Å². The van der Waals surface area contributed by atoms with Crippen molar-refractivity contribution in [3.8, 4) is 0 Å². The summed E-state index contributed by atoms with van der Waals surface area (Å²) in [5.74, 6) is -0.680. The van der Waals surface area contributed by atoms with E-state index in [1.54, 1.807) is 42.8 Å². The van der Waals surface area contributed by atoms with E-state index in [2.05, 4.69) is 15.6 Å². The van der Waals surface area contributed by atoms with Crippen molar-refractivity contribution >= 4 is 28.9 Å². The number of aryl methyl sites for hydroxylation is 1. The third-order valence-electron chi connectivity index (χ3n) is 3.83. The highest BCUT2D eigenvalue weighted by Crippen LogP contribution is 2.20. The molecule has 0 saturated heterocycles. The van der Waals surface area contributed by atoms with Gasteiger partial charge in [0.05, 0.1) is 15.6 Å². The Morgan fingerprint density at radius 1 is 1.37 bits per heavy atom. The predicted molar refractivity (Wildman–Crippen MR) is 104 cm³/mol. The van der Waals surface area contributed by atoms with Crippen molar-refractivity contribution in [2.75, 3.05) is 7.05 Å². The summed E-state index contributed by atoms with van der Waals surface area (Å²) in [5.41, 5.74) is 4.73. The van der Waals surface area contributed by atoms with Crippen molar-refractivity contribution in [2.45, 2.75) is 32.9 Å². The van der Waals surface area contributed by atoms with Crippen LogP contribution in [0.4, 0.5) is 0 Å². The summed E-state index contributed by atoms with van der Waals surface area (Å²) in [7, 11) is 1.57. The molecule has 1 aromatic rings. The zero-order valence-corrected chi connectivity index (χ0v) is 16.5. The average Bonchev–Trinajstić information content (AvgIpc) is 3.00. The highest BCUT2D eigenvalue weighted by Gasteiger charge is 2.29. The van der Waals surface area contributed by atoms with Crippen molar-refractivity contribution in [1.82, 2.24) is 15.6 Å². The van der Waals surface area contributed by atoms with Gasteiger partial charge in [-0.25, -0.2) is 4.98 Å². The van der Waals surface area contributed by atoms with Gasteiger partial charge in [0, 0.05) is 18.8 Å². The molecule has 1 aromatic heterocycles. The number of primary amides is 1. The molecule has 27 heavy (non-hydrogen) atoms. The number of hydrogen-bond donors (Lipinski definition) is 4. The Morgan fingerprint density at radius 3 is 2.63 bits per heavy atom. The highest BCUT2D eigenvalue weighted by atomic mass is 32.1. The summed E-state index contributed by atoms with van der Waals surface area (Å²) in [6, 6.07) is 0. The number of aromatic nitrogens is 1. The lowest BCUT2D eigenvalue weighted by atomic mass is 10.00. The number of hydrogen-bond acceptors (Lipinski definition) is 7. The molecule has 0 bridgehead atoms. The Kier molecular flexibility index (Phi) is 6.17. The SMILES string of the molecule is CN/C(C(=O)NC(C)(C)C(N)=O)=C1/C=C(OCc2cnc(C)s2)C=CC1=N. The van der Waals surface area contributed by atoms with Gasteiger partial charge < -0.3 is 26.5 Å². The number of nitrogens with one attached hydrogen (secondary N) is 3. The van der Waals surface area contributed by atoms with Gasteiger partial charge in [0.25, 0.3) is 5.91 Å². The molecule has 1 aliphatic rings. The first-order chi connectivity index (χ1) is 12.6. The normalized spacial score (nSPS) is 15.9. The Bertz CT molecular complexity index is 864. The molecule has 9 heteroatoms. The van der Waals surface area contributed by atoms with Crippen LogP contribution in [0.25, 0.3) is 0 Å². The number of carbonyl (C=O) groups excluding carboxylic acids is 2. The number of likely N-dealkylation sites (N-methyl/N-ethyl adjacent to an activating group) is 1. The molecule has 1 aliphatic carbocycles. The van der Waals surface area contributed by atoms with Gasteiger partial charge in [-0.2, -0.15) is 0 Å². The molecule has 0 aliphatic heterocycles. The van der Waals surface area contributed by atoms with Crippen LogP contribution < -0.4 is 16.4 Å². The summed E-state index contributed by atoms with van der Waals surface area (Å²) in [6.07, 6.45) is 6.58. The van der Waals surface area contributed by atoms with Crippen LogP contribution in [0.5, 0.6) is 0 Å². The zero-order valence-electron chi connectivity index (χ0n) is 15.7. The molecule has 0 saturated carbocycles.